The summed E-state index contributed by atoms with van der Waals surface area (Å²) in [6.45, 7) is 5.31. The van der Waals surface area contributed by atoms with Gasteiger partial charge in [-0.2, -0.15) is 0 Å². The number of nitrogens with one attached hydrogen (secondary N) is 3. The Kier molecular flexibility index (Phi) is 6.04. The normalized spacial score (nSPS) is 11.9. The van der Waals surface area contributed by atoms with Crippen LogP contribution in [-0.2, 0) is 0 Å². The first kappa shape index (κ1) is 20.9. The lowest BCUT2D eigenvalue weighted by Crippen LogP contribution is -2.13. The van der Waals surface area contributed by atoms with Crippen molar-refractivity contribution in [1.82, 2.24) is 20.2 Å². The predicted octanol–water partition coefficient (Wildman–Crippen LogP) is 4.09. The van der Waals surface area contributed by atoms with Crippen LogP contribution in [0.2, 0.25) is 0 Å². The Hall–Kier alpha value is -3.83. The Labute approximate surface area is 169 Å². The maximum Gasteiger partial charge on any atom is 0.314 e. The molecule has 158 valence electrons. The molecule has 3 aromatic heterocycles. The van der Waals surface area contributed by atoms with E-state index >= 15 is 0 Å². The van der Waals surface area contributed by atoms with E-state index in [2.05, 4.69) is 30.8 Å². The molecule has 0 aliphatic rings. The van der Waals surface area contributed by atoms with Gasteiger partial charge in [0.15, 0.2) is 11.6 Å². The largest absolute Gasteiger partial charge is 0.474 e. The van der Waals surface area contributed by atoms with E-state index in [1.165, 1.54) is 18.2 Å². The summed E-state index contributed by atoms with van der Waals surface area (Å²) in [7, 11) is 0. The average Bonchev–Trinajstić information content (AvgIpc) is 3.10. The number of aromatic nitrogens is 4. The summed E-state index contributed by atoms with van der Waals surface area (Å²) >= 11 is 0. The van der Waals surface area contributed by atoms with Crippen molar-refractivity contribution in [2.75, 3.05) is 10.6 Å². The zero-order valence-electron chi connectivity index (χ0n) is 16.3. The van der Waals surface area contributed by atoms with E-state index in [0.29, 0.717) is 11.6 Å². The van der Waals surface area contributed by atoms with E-state index in [9.17, 15) is 18.9 Å². The molecule has 3 aromatic rings. The fraction of sp³-hybridized carbons (Fsp3) is 0.278. The van der Waals surface area contributed by atoms with Crippen LogP contribution in [0.1, 0.15) is 32.5 Å². The zero-order chi connectivity index (χ0) is 21.8. The smallest absolute Gasteiger partial charge is 0.314 e. The lowest BCUT2D eigenvalue weighted by molar-refractivity contribution is -0.384. The molecule has 1 atom stereocenters. The number of rotatable bonds is 8. The van der Waals surface area contributed by atoms with Crippen LogP contribution in [0, 0.1) is 21.7 Å². The predicted molar refractivity (Wildman–Crippen MR) is 105 cm³/mol. The van der Waals surface area contributed by atoms with E-state index in [1.54, 1.807) is 6.92 Å². The summed E-state index contributed by atoms with van der Waals surface area (Å²) in [5, 5.41) is 23.4. The second kappa shape index (κ2) is 8.68. The summed E-state index contributed by atoms with van der Waals surface area (Å²) in [5.74, 6) is -1.30. The van der Waals surface area contributed by atoms with Crippen LogP contribution in [0.5, 0.6) is 5.88 Å². The van der Waals surface area contributed by atoms with Gasteiger partial charge in [-0.3, -0.25) is 20.2 Å². The number of hydrogen-bond acceptors (Lipinski definition) is 8. The number of aromatic amines is 1. The number of anilines is 3. The molecule has 0 fully saturated rings. The van der Waals surface area contributed by atoms with Crippen LogP contribution in [0.3, 0.4) is 0 Å². The first-order valence-electron chi connectivity index (χ1n) is 8.95. The summed E-state index contributed by atoms with van der Waals surface area (Å²) < 4.78 is 32.9. The molecule has 12 heteroatoms. The van der Waals surface area contributed by atoms with Crippen LogP contribution in [0.4, 0.5) is 31.9 Å². The van der Waals surface area contributed by atoms with Gasteiger partial charge >= 0.3 is 5.69 Å². The van der Waals surface area contributed by atoms with E-state index in [-0.39, 0.29) is 23.6 Å². The number of halogens is 2. The fourth-order valence-electron chi connectivity index (χ4n) is 2.53. The SMILES string of the molecule is CC(C)Oc1cc(Nc2nc(N[C@@H](C)c3ccc(F)cn3)c([N+](=O)[O-])cc2F)[nH]n1. The quantitative estimate of drug-likeness (QED) is 0.368. The van der Waals surface area contributed by atoms with Crippen molar-refractivity contribution < 1.29 is 18.4 Å². The molecule has 30 heavy (non-hydrogen) atoms. The molecule has 0 spiro atoms. The van der Waals surface area contributed by atoms with Gasteiger partial charge in [0.25, 0.3) is 0 Å². The van der Waals surface area contributed by atoms with Gasteiger partial charge in [-0.05, 0) is 32.9 Å². The second-order valence-electron chi connectivity index (χ2n) is 6.62. The highest BCUT2D eigenvalue weighted by molar-refractivity contribution is 5.64. The number of nitrogens with zero attached hydrogens (tertiary/aromatic N) is 4. The van der Waals surface area contributed by atoms with E-state index in [4.69, 9.17) is 4.74 Å². The van der Waals surface area contributed by atoms with Crippen molar-refractivity contribution in [3.63, 3.8) is 0 Å². The maximum absolute atomic E-state index is 14.4. The summed E-state index contributed by atoms with van der Waals surface area (Å²) in [6.07, 6.45) is 0.926. The minimum Gasteiger partial charge on any atom is -0.474 e. The third-order valence-corrected chi connectivity index (χ3v) is 3.86. The molecule has 0 bridgehead atoms. The van der Waals surface area contributed by atoms with E-state index in [1.807, 2.05) is 13.8 Å². The van der Waals surface area contributed by atoms with Gasteiger partial charge in [0.2, 0.25) is 11.7 Å². The Morgan fingerprint density at radius 1 is 1.20 bits per heavy atom. The third kappa shape index (κ3) is 4.96. The highest BCUT2D eigenvalue weighted by atomic mass is 19.1. The Bertz CT molecular complexity index is 1040. The highest BCUT2D eigenvalue weighted by Gasteiger charge is 2.23. The molecular formula is C18H19F2N7O3. The molecule has 0 amide bonds. The molecule has 0 aromatic carbocycles. The van der Waals surface area contributed by atoms with Crippen LogP contribution in [0.25, 0.3) is 0 Å². The highest BCUT2D eigenvalue weighted by Crippen LogP contribution is 2.31. The first-order chi connectivity index (χ1) is 14.2. The minimum atomic E-state index is -0.930. The Balaban J connectivity index is 1.87. The molecule has 3 rings (SSSR count). The number of ether oxygens (including phenoxy) is 1. The molecule has 3 heterocycles. The van der Waals surface area contributed by atoms with Gasteiger partial charge in [0.05, 0.1) is 35.0 Å². The molecule has 0 saturated carbocycles. The van der Waals surface area contributed by atoms with Crippen molar-refractivity contribution in [1.29, 1.82) is 0 Å². The van der Waals surface area contributed by atoms with Gasteiger partial charge in [-0.1, -0.05) is 0 Å². The molecule has 0 unspecified atom stereocenters. The van der Waals surface area contributed by atoms with Crippen molar-refractivity contribution in [2.24, 2.45) is 0 Å². The summed E-state index contributed by atoms with van der Waals surface area (Å²) in [6, 6.07) is 4.34. The van der Waals surface area contributed by atoms with Gasteiger partial charge in [-0.25, -0.2) is 13.8 Å². The van der Waals surface area contributed by atoms with Gasteiger partial charge in [0.1, 0.15) is 11.6 Å². The van der Waals surface area contributed by atoms with Gasteiger partial charge in [0, 0.05) is 6.07 Å². The first-order valence-corrected chi connectivity index (χ1v) is 8.95. The summed E-state index contributed by atoms with van der Waals surface area (Å²) in [5.41, 5.74) is -0.129. The van der Waals surface area contributed by atoms with Crippen LogP contribution < -0.4 is 15.4 Å². The second-order valence-corrected chi connectivity index (χ2v) is 6.62. The van der Waals surface area contributed by atoms with Crippen molar-refractivity contribution in [3.05, 3.63) is 57.9 Å². The fourth-order valence-corrected chi connectivity index (χ4v) is 2.53. The molecule has 0 aliphatic carbocycles. The van der Waals surface area contributed by atoms with Gasteiger partial charge in [-0.15, -0.1) is 5.10 Å². The third-order valence-electron chi connectivity index (χ3n) is 3.86. The number of pyridine rings is 2. The van der Waals surface area contributed by atoms with Crippen LogP contribution >= 0.6 is 0 Å². The average molecular weight is 419 g/mol. The van der Waals surface area contributed by atoms with Crippen molar-refractivity contribution in [3.8, 4) is 5.88 Å². The van der Waals surface area contributed by atoms with Crippen molar-refractivity contribution >= 4 is 23.1 Å². The van der Waals surface area contributed by atoms with Crippen LogP contribution in [-0.4, -0.2) is 31.2 Å². The minimum absolute atomic E-state index is 0.104. The zero-order valence-corrected chi connectivity index (χ0v) is 16.3. The van der Waals surface area contributed by atoms with Crippen LogP contribution in [0.15, 0.2) is 30.5 Å². The number of hydrogen-bond donors (Lipinski definition) is 3. The molecule has 0 radical (unpaired) electrons. The monoisotopic (exact) mass is 419 g/mol. The van der Waals surface area contributed by atoms with E-state index in [0.717, 1.165) is 12.3 Å². The van der Waals surface area contributed by atoms with Crippen molar-refractivity contribution in [2.45, 2.75) is 32.9 Å². The number of nitro groups is 1. The molecule has 10 nitrogen and oxygen atoms in total. The topological polar surface area (TPSA) is 131 Å². The lowest BCUT2D eigenvalue weighted by atomic mass is 10.2. The van der Waals surface area contributed by atoms with Gasteiger partial charge < -0.3 is 15.4 Å². The molecule has 3 N–H and O–H groups in total. The Morgan fingerprint density at radius 2 is 1.97 bits per heavy atom. The maximum atomic E-state index is 14.4. The Morgan fingerprint density at radius 3 is 2.60 bits per heavy atom. The van der Waals surface area contributed by atoms with E-state index < -0.39 is 28.3 Å². The molecule has 0 aliphatic heterocycles. The summed E-state index contributed by atoms with van der Waals surface area (Å²) in [4.78, 5) is 18.5. The lowest BCUT2D eigenvalue weighted by Gasteiger charge is -2.15. The number of H-pyrrole nitrogens is 1. The standard InChI is InChI=1S/C18H19F2N7O3/c1-9(2)30-16-7-15(25-26-16)23-17-12(20)6-14(27(28)29)18(24-17)22-10(3)13-5-4-11(19)8-21-13/h4-10H,1-3H3,(H3,22,23,24,25,26)/t10-/m0/s1. The molecular weight excluding hydrogens is 400 g/mol. The molecule has 0 saturated heterocycles.